The van der Waals surface area contributed by atoms with Crippen LogP contribution in [0.1, 0.15) is 18.3 Å². The summed E-state index contributed by atoms with van der Waals surface area (Å²) in [5, 5.41) is 18.5. The van der Waals surface area contributed by atoms with E-state index in [9.17, 15) is 24.1 Å². The lowest BCUT2D eigenvalue weighted by molar-refractivity contribution is -0.384. The number of aryl methyl sites for hydroxylation is 1. The molecule has 0 atom stereocenters. The molecule has 4 aromatic rings. The first-order valence-electron chi connectivity index (χ1n) is 11.0. The number of amides is 1. The third-order valence-corrected chi connectivity index (χ3v) is 5.69. The van der Waals surface area contributed by atoms with Crippen LogP contribution in [0.4, 0.5) is 15.8 Å². The largest absolute Gasteiger partial charge is 0.483 e. The van der Waals surface area contributed by atoms with Gasteiger partial charge < -0.3 is 10.1 Å². The van der Waals surface area contributed by atoms with Gasteiger partial charge in [0.05, 0.1) is 22.0 Å². The third-order valence-electron chi connectivity index (χ3n) is 5.19. The summed E-state index contributed by atoms with van der Waals surface area (Å²) in [7, 11) is 0. The molecule has 0 radical (unpaired) electrons. The van der Waals surface area contributed by atoms with Crippen LogP contribution in [-0.2, 0) is 11.2 Å². The number of halogens is 2. The van der Waals surface area contributed by atoms with Crippen LogP contribution in [0.2, 0.25) is 0 Å². The first kappa shape index (κ1) is 25.6. The number of fused-ring (bicyclic) bond motifs is 1. The maximum absolute atomic E-state index is 13.1. The number of carbonyl (C=O) groups is 1. The summed E-state index contributed by atoms with van der Waals surface area (Å²) in [5.41, 5.74) is 0.427. The van der Waals surface area contributed by atoms with Crippen LogP contribution in [0.15, 0.2) is 75.0 Å². The number of benzene rings is 3. The molecular formula is C25H19BrFN5O5. The Morgan fingerprint density at radius 1 is 1.22 bits per heavy atom. The quantitative estimate of drug-likeness (QED) is 0.187. The fraction of sp³-hybridized carbons (Fsp3) is 0.120. The summed E-state index contributed by atoms with van der Waals surface area (Å²) < 4.78 is 20.5. The predicted molar refractivity (Wildman–Crippen MR) is 140 cm³/mol. The number of aromatic nitrogens is 2. The Morgan fingerprint density at radius 3 is 2.68 bits per heavy atom. The smallest absolute Gasteiger partial charge is 0.282 e. The van der Waals surface area contributed by atoms with Crippen molar-refractivity contribution in [3.05, 3.63) is 103 Å². The fourth-order valence-electron chi connectivity index (χ4n) is 3.42. The average Bonchev–Trinajstić information content (AvgIpc) is 2.88. The van der Waals surface area contributed by atoms with E-state index in [0.29, 0.717) is 33.3 Å². The number of nitro benzene ring substituents is 1. The van der Waals surface area contributed by atoms with Gasteiger partial charge in [-0.2, -0.15) is 9.78 Å². The van der Waals surface area contributed by atoms with Crippen molar-refractivity contribution in [2.24, 2.45) is 5.10 Å². The summed E-state index contributed by atoms with van der Waals surface area (Å²) in [6, 6.07) is 14.1. The zero-order chi connectivity index (χ0) is 26.5. The van der Waals surface area contributed by atoms with Crippen molar-refractivity contribution in [3.63, 3.8) is 0 Å². The number of hydrogen-bond donors (Lipinski definition) is 1. The van der Waals surface area contributed by atoms with Gasteiger partial charge in [-0.1, -0.05) is 22.9 Å². The molecule has 4 rings (SSSR count). The van der Waals surface area contributed by atoms with Crippen LogP contribution in [0, 0.1) is 15.9 Å². The fourth-order valence-corrected chi connectivity index (χ4v) is 3.78. The highest BCUT2D eigenvalue weighted by Crippen LogP contribution is 2.23. The molecule has 1 aromatic heterocycles. The number of nitro groups is 1. The molecule has 0 aliphatic heterocycles. The summed E-state index contributed by atoms with van der Waals surface area (Å²) in [4.78, 5) is 40.6. The van der Waals surface area contributed by atoms with Crippen LogP contribution < -0.4 is 15.6 Å². The Balaban J connectivity index is 1.64. The molecule has 0 saturated carbocycles. The number of nitrogens with one attached hydrogen (secondary N) is 1. The molecule has 0 saturated heterocycles. The minimum atomic E-state index is -0.582. The number of rotatable bonds is 8. The highest BCUT2D eigenvalue weighted by molar-refractivity contribution is 9.10. The standard InChI is InChI=1S/C25H19BrFN5O5/c1-2-23-30-21-9-3-16(26)12-20(21)25(34)31(23)28-13-15-11-19(32(35)36)8-10-22(15)37-14-24(33)29-18-6-4-17(27)5-7-18/h3-13H,2,14H2,1H3,(H,29,33). The molecule has 0 unspecified atom stereocenters. The second kappa shape index (κ2) is 11.1. The topological polar surface area (TPSA) is 129 Å². The van der Waals surface area contributed by atoms with Crippen LogP contribution >= 0.6 is 15.9 Å². The number of anilines is 1. The molecule has 0 fully saturated rings. The molecule has 0 aliphatic carbocycles. The minimum absolute atomic E-state index is 0.131. The monoisotopic (exact) mass is 567 g/mol. The maximum atomic E-state index is 13.1. The normalized spacial score (nSPS) is 11.1. The molecule has 0 spiro atoms. The van der Waals surface area contributed by atoms with Gasteiger partial charge in [-0.3, -0.25) is 19.7 Å². The van der Waals surface area contributed by atoms with E-state index in [1.54, 1.807) is 18.2 Å². The van der Waals surface area contributed by atoms with Crippen molar-refractivity contribution in [1.29, 1.82) is 0 Å². The molecular weight excluding hydrogens is 549 g/mol. The molecule has 3 aromatic carbocycles. The average molecular weight is 568 g/mol. The SMILES string of the molecule is CCc1nc2ccc(Br)cc2c(=O)n1N=Cc1cc([N+](=O)[O-])ccc1OCC(=O)Nc1ccc(F)cc1. The van der Waals surface area contributed by atoms with E-state index < -0.39 is 28.8 Å². The molecule has 12 heteroatoms. The van der Waals surface area contributed by atoms with Crippen molar-refractivity contribution in [2.45, 2.75) is 13.3 Å². The molecule has 1 heterocycles. The lowest BCUT2D eigenvalue weighted by Gasteiger charge is -2.11. The highest BCUT2D eigenvalue weighted by Gasteiger charge is 2.14. The van der Waals surface area contributed by atoms with Crippen LogP contribution in [0.5, 0.6) is 5.75 Å². The lowest BCUT2D eigenvalue weighted by Crippen LogP contribution is -2.22. The molecule has 10 nitrogen and oxygen atoms in total. The predicted octanol–water partition coefficient (Wildman–Crippen LogP) is 4.67. The van der Waals surface area contributed by atoms with E-state index in [-0.39, 0.29) is 17.0 Å². The van der Waals surface area contributed by atoms with Crippen molar-refractivity contribution in [3.8, 4) is 5.75 Å². The van der Waals surface area contributed by atoms with E-state index in [2.05, 4.69) is 31.3 Å². The van der Waals surface area contributed by atoms with Crippen LogP contribution in [0.3, 0.4) is 0 Å². The number of carbonyl (C=O) groups excluding carboxylic acids is 1. The van der Waals surface area contributed by atoms with Crippen molar-refractivity contribution < 1.29 is 18.8 Å². The lowest BCUT2D eigenvalue weighted by atomic mass is 10.2. The van der Waals surface area contributed by atoms with E-state index in [4.69, 9.17) is 4.74 Å². The van der Waals surface area contributed by atoms with Gasteiger partial charge >= 0.3 is 0 Å². The summed E-state index contributed by atoms with van der Waals surface area (Å²) in [6.45, 7) is 1.39. The van der Waals surface area contributed by atoms with Gasteiger partial charge in [0.2, 0.25) is 0 Å². The zero-order valence-corrected chi connectivity index (χ0v) is 20.9. The van der Waals surface area contributed by atoms with Gasteiger partial charge in [0.1, 0.15) is 17.4 Å². The Labute approximate surface area is 217 Å². The summed E-state index contributed by atoms with van der Waals surface area (Å²) >= 11 is 3.34. The van der Waals surface area contributed by atoms with Gasteiger partial charge in [-0.05, 0) is 48.5 Å². The van der Waals surface area contributed by atoms with Gasteiger partial charge in [0, 0.05) is 34.3 Å². The molecule has 37 heavy (non-hydrogen) atoms. The zero-order valence-electron chi connectivity index (χ0n) is 19.4. The molecule has 0 aliphatic rings. The summed E-state index contributed by atoms with van der Waals surface area (Å²) in [5.74, 6) is -0.445. The van der Waals surface area contributed by atoms with Gasteiger partial charge in [0.25, 0.3) is 17.2 Å². The Bertz CT molecular complexity index is 1590. The number of nitrogens with zero attached hydrogens (tertiary/aromatic N) is 4. The Kier molecular flexibility index (Phi) is 7.68. The number of non-ortho nitro benzene ring substituents is 1. The Morgan fingerprint density at radius 2 is 1.97 bits per heavy atom. The van der Waals surface area contributed by atoms with Gasteiger partial charge in [-0.25, -0.2) is 9.37 Å². The molecule has 1 amide bonds. The van der Waals surface area contributed by atoms with E-state index in [0.717, 1.165) is 4.68 Å². The Hall–Kier alpha value is -4.45. The van der Waals surface area contributed by atoms with Gasteiger partial charge in [-0.15, -0.1) is 0 Å². The number of hydrogen-bond acceptors (Lipinski definition) is 7. The number of ether oxygens (including phenoxy) is 1. The van der Waals surface area contributed by atoms with Crippen LogP contribution in [-0.4, -0.2) is 33.3 Å². The second-order valence-electron chi connectivity index (χ2n) is 7.73. The van der Waals surface area contributed by atoms with Crippen LogP contribution in [0.25, 0.3) is 10.9 Å². The first-order chi connectivity index (χ1) is 17.7. The first-order valence-corrected chi connectivity index (χ1v) is 11.8. The summed E-state index contributed by atoms with van der Waals surface area (Å²) in [6.07, 6.45) is 1.65. The van der Waals surface area contributed by atoms with E-state index >= 15 is 0 Å². The second-order valence-corrected chi connectivity index (χ2v) is 8.64. The maximum Gasteiger partial charge on any atom is 0.282 e. The van der Waals surface area contributed by atoms with Gasteiger partial charge in [0.15, 0.2) is 6.61 Å². The minimum Gasteiger partial charge on any atom is -0.483 e. The van der Waals surface area contributed by atoms with Crippen molar-refractivity contribution in [2.75, 3.05) is 11.9 Å². The highest BCUT2D eigenvalue weighted by atomic mass is 79.9. The molecule has 188 valence electrons. The molecule has 1 N–H and O–H groups in total. The van der Waals surface area contributed by atoms with E-state index in [1.807, 2.05) is 6.92 Å². The van der Waals surface area contributed by atoms with Crippen molar-refractivity contribution >= 4 is 50.3 Å². The van der Waals surface area contributed by atoms with E-state index in [1.165, 1.54) is 48.7 Å². The molecule has 0 bridgehead atoms. The third kappa shape index (κ3) is 6.04. The van der Waals surface area contributed by atoms with Crippen molar-refractivity contribution in [1.82, 2.24) is 9.66 Å².